The summed E-state index contributed by atoms with van der Waals surface area (Å²) in [5, 5.41) is 4.39. The van der Waals surface area contributed by atoms with Crippen molar-refractivity contribution in [3.05, 3.63) is 33.8 Å². The normalized spacial score (nSPS) is 16.6. The minimum atomic E-state index is -0.00473. The van der Waals surface area contributed by atoms with E-state index in [9.17, 15) is 0 Å². The van der Waals surface area contributed by atoms with Crippen LogP contribution in [0.25, 0.3) is 0 Å². The molecule has 0 amide bonds. The van der Waals surface area contributed by atoms with Gasteiger partial charge in [0.2, 0.25) is 0 Å². The number of nitrogens with zero attached hydrogens (tertiary/aromatic N) is 1. The summed E-state index contributed by atoms with van der Waals surface area (Å²) >= 11 is 12.3. The van der Waals surface area contributed by atoms with Gasteiger partial charge in [0.25, 0.3) is 0 Å². The second-order valence-electron chi connectivity index (χ2n) is 5.38. The molecular formula is C15H22Cl2IN3O. The van der Waals surface area contributed by atoms with Crippen LogP contribution >= 0.6 is 47.2 Å². The maximum absolute atomic E-state index is 6.35. The molecule has 7 heteroatoms. The number of methoxy groups -OCH3 is 1. The number of aliphatic imine (C=N–C) groups is 1. The van der Waals surface area contributed by atoms with Gasteiger partial charge in [-0.1, -0.05) is 35.7 Å². The van der Waals surface area contributed by atoms with Crippen LogP contribution in [0.2, 0.25) is 10.0 Å². The van der Waals surface area contributed by atoms with Crippen molar-refractivity contribution in [1.29, 1.82) is 0 Å². The van der Waals surface area contributed by atoms with E-state index in [1.165, 1.54) is 6.42 Å². The summed E-state index contributed by atoms with van der Waals surface area (Å²) < 4.78 is 4.96. The first-order valence-electron chi connectivity index (χ1n) is 7.06. The standard InChI is InChI=1S/C15H21Cl2N3O.HI/c1-21-8-7-19-14(18)20-10-15(5-2-6-15)12-4-3-11(16)9-13(12)17;/h3-4,9H,2,5-8,10H2,1H3,(H3,18,19,20);1H. The van der Waals surface area contributed by atoms with Crippen LogP contribution in [-0.4, -0.2) is 32.8 Å². The van der Waals surface area contributed by atoms with Gasteiger partial charge in [-0.15, -0.1) is 24.0 Å². The van der Waals surface area contributed by atoms with Gasteiger partial charge < -0.3 is 15.8 Å². The first kappa shape index (κ1) is 19.8. The maximum Gasteiger partial charge on any atom is 0.188 e. The number of nitrogens with one attached hydrogen (secondary N) is 1. The molecule has 3 N–H and O–H groups in total. The summed E-state index contributed by atoms with van der Waals surface area (Å²) in [6, 6.07) is 5.68. The topological polar surface area (TPSA) is 59.6 Å². The summed E-state index contributed by atoms with van der Waals surface area (Å²) in [6.45, 7) is 1.89. The highest BCUT2D eigenvalue weighted by molar-refractivity contribution is 14.0. The smallest absolute Gasteiger partial charge is 0.188 e. The average molecular weight is 458 g/mol. The third-order valence-corrected chi connectivity index (χ3v) is 4.53. The first-order valence-corrected chi connectivity index (χ1v) is 7.81. The summed E-state index contributed by atoms with van der Waals surface area (Å²) in [5.74, 6) is 0.448. The van der Waals surface area contributed by atoms with Gasteiger partial charge >= 0.3 is 0 Å². The lowest BCUT2D eigenvalue weighted by molar-refractivity contribution is 0.203. The van der Waals surface area contributed by atoms with Crippen molar-refractivity contribution in [3.8, 4) is 0 Å². The fourth-order valence-electron chi connectivity index (χ4n) is 2.61. The van der Waals surface area contributed by atoms with Gasteiger partial charge in [0.05, 0.1) is 13.2 Å². The van der Waals surface area contributed by atoms with E-state index in [4.69, 9.17) is 33.7 Å². The lowest BCUT2D eigenvalue weighted by atomic mass is 9.64. The van der Waals surface area contributed by atoms with Gasteiger partial charge in [0.15, 0.2) is 5.96 Å². The molecule has 1 saturated carbocycles. The van der Waals surface area contributed by atoms with Crippen molar-refractivity contribution in [2.45, 2.75) is 24.7 Å². The van der Waals surface area contributed by atoms with Crippen molar-refractivity contribution < 1.29 is 4.74 Å². The van der Waals surface area contributed by atoms with E-state index >= 15 is 0 Å². The first-order chi connectivity index (χ1) is 10.1. The summed E-state index contributed by atoms with van der Waals surface area (Å²) in [5.41, 5.74) is 6.98. The monoisotopic (exact) mass is 457 g/mol. The van der Waals surface area contributed by atoms with Crippen LogP contribution in [0.4, 0.5) is 0 Å². The molecule has 1 aromatic carbocycles. The molecule has 124 valence electrons. The molecule has 0 spiro atoms. The Morgan fingerprint density at radius 2 is 2.14 bits per heavy atom. The Bertz CT molecular complexity index is 522. The van der Waals surface area contributed by atoms with E-state index in [1.54, 1.807) is 13.2 Å². The van der Waals surface area contributed by atoms with Gasteiger partial charge in [0.1, 0.15) is 0 Å². The number of guanidine groups is 1. The fraction of sp³-hybridized carbons (Fsp3) is 0.533. The Kier molecular flexibility index (Phi) is 8.24. The van der Waals surface area contributed by atoms with E-state index in [-0.39, 0.29) is 29.4 Å². The van der Waals surface area contributed by atoms with Crippen molar-refractivity contribution in [3.63, 3.8) is 0 Å². The minimum absolute atomic E-state index is 0. The van der Waals surface area contributed by atoms with Gasteiger partial charge in [-0.25, -0.2) is 0 Å². The molecule has 1 fully saturated rings. The third-order valence-electron chi connectivity index (χ3n) is 3.98. The zero-order chi connectivity index (χ0) is 15.3. The molecule has 22 heavy (non-hydrogen) atoms. The zero-order valence-corrected chi connectivity index (χ0v) is 16.4. The SMILES string of the molecule is COCCNC(N)=NCC1(c2ccc(Cl)cc2Cl)CCC1.I. The summed E-state index contributed by atoms with van der Waals surface area (Å²) in [7, 11) is 1.65. The Labute approximate surface area is 158 Å². The number of ether oxygens (including phenoxy) is 1. The molecule has 0 saturated heterocycles. The van der Waals surface area contributed by atoms with Crippen molar-refractivity contribution in [2.24, 2.45) is 10.7 Å². The molecule has 1 aliphatic rings. The Balaban J connectivity index is 0.00000242. The van der Waals surface area contributed by atoms with Crippen LogP contribution in [0.15, 0.2) is 23.2 Å². The number of halogens is 3. The molecule has 0 aromatic heterocycles. The molecule has 0 radical (unpaired) electrons. The lowest BCUT2D eigenvalue weighted by Crippen LogP contribution is -2.40. The van der Waals surface area contributed by atoms with Crippen LogP contribution in [0.1, 0.15) is 24.8 Å². The Hall–Kier alpha value is -0.240. The molecule has 0 heterocycles. The predicted molar refractivity (Wildman–Crippen MR) is 104 cm³/mol. The number of nitrogens with two attached hydrogens (primary N) is 1. The largest absolute Gasteiger partial charge is 0.383 e. The molecule has 4 nitrogen and oxygen atoms in total. The quantitative estimate of drug-likeness (QED) is 0.297. The molecule has 0 unspecified atom stereocenters. The van der Waals surface area contributed by atoms with E-state index in [0.29, 0.717) is 35.7 Å². The van der Waals surface area contributed by atoms with Crippen molar-refractivity contribution in [2.75, 3.05) is 26.8 Å². The second kappa shape index (κ2) is 9.15. The van der Waals surface area contributed by atoms with Crippen LogP contribution in [0, 0.1) is 0 Å². The lowest BCUT2D eigenvalue weighted by Gasteiger charge is -2.42. The number of hydrogen-bond acceptors (Lipinski definition) is 2. The predicted octanol–water partition coefficient (Wildman–Crippen LogP) is 3.58. The summed E-state index contributed by atoms with van der Waals surface area (Å²) in [4.78, 5) is 4.47. The van der Waals surface area contributed by atoms with E-state index < -0.39 is 0 Å². The molecule has 2 rings (SSSR count). The highest BCUT2D eigenvalue weighted by Crippen LogP contribution is 2.46. The highest BCUT2D eigenvalue weighted by atomic mass is 127. The average Bonchev–Trinajstić information content (AvgIpc) is 2.39. The highest BCUT2D eigenvalue weighted by Gasteiger charge is 2.40. The third kappa shape index (κ3) is 4.88. The maximum atomic E-state index is 6.35. The van der Waals surface area contributed by atoms with Crippen LogP contribution in [0.3, 0.4) is 0 Å². The van der Waals surface area contributed by atoms with Crippen LogP contribution < -0.4 is 11.1 Å². The van der Waals surface area contributed by atoms with Gasteiger partial charge in [0, 0.05) is 29.1 Å². The molecule has 1 aliphatic carbocycles. The number of rotatable bonds is 6. The van der Waals surface area contributed by atoms with E-state index in [2.05, 4.69) is 10.3 Å². The Morgan fingerprint density at radius 3 is 2.68 bits per heavy atom. The molecular weight excluding hydrogens is 436 g/mol. The van der Waals surface area contributed by atoms with Crippen LogP contribution in [-0.2, 0) is 10.2 Å². The Morgan fingerprint density at radius 1 is 1.41 bits per heavy atom. The van der Waals surface area contributed by atoms with E-state index in [0.717, 1.165) is 18.4 Å². The van der Waals surface area contributed by atoms with Gasteiger partial charge in [-0.2, -0.15) is 0 Å². The molecule has 1 aromatic rings. The minimum Gasteiger partial charge on any atom is -0.383 e. The second-order valence-corrected chi connectivity index (χ2v) is 6.22. The molecule has 0 atom stereocenters. The van der Waals surface area contributed by atoms with Gasteiger partial charge in [-0.05, 0) is 30.5 Å². The molecule has 0 aliphatic heterocycles. The fourth-order valence-corrected chi connectivity index (χ4v) is 3.22. The van der Waals surface area contributed by atoms with Gasteiger partial charge in [-0.3, -0.25) is 4.99 Å². The van der Waals surface area contributed by atoms with E-state index in [1.807, 2.05) is 12.1 Å². The zero-order valence-electron chi connectivity index (χ0n) is 12.6. The summed E-state index contributed by atoms with van der Waals surface area (Å²) in [6.07, 6.45) is 3.33. The van der Waals surface area contributed by atoms with Crippen LogP contribution in [0.5, 0.6) is 0 Å². The van der Waals surface area contributed by atoms with Crippen molar-refractivity contribution >= 4 is 53.1 Å². The molecule has 0 bridgehead atoms. The number of hydrogen-bond donors (Lipinski definition) is 2. The number of benzene rings is 1. The van der Waals surface area contributed by atoms with Crippen molar-refractivity contribution in [1.82, 2.24) is 5.32 Å².